The summed E-state index contributed by atoms with van der Waals surface area (Å²) in [5, 5.41) is 1.24. The van der Waals surface area contributed by atoms with Crippen molar-refractivity contribution in [1.29, 1.82) is 0 Å². The normalized spacial score (nSPS) is 12.9. The van der Waals surface area contributed by atoms with Gasteiger partial charge in [-0.2, -0.15) is 0 Å². The van der Waals surface area contributed by atoms with Crippen molar-refractivity contribution in [3.8, 4) is 0 Å². The third kappa shape index (κ3) is 2.21. The minimum absolute atomic E-state index is 0.539. The summed E-state index contributed by atoms with van der Waals surface area (Å²) in [6, 6.07) is 10.9. The molecule has 0 bridgehead atoms. The number of hydrogen-bond acceptors (Lipinski definition) is 1. The first-order valence-electron chi connectivity index (χ1n) is 6.09. The van der Waals surface area contributed by atoms with Gasteiger partial charge in [0.1, 0.15) is 0 Å². The number of nitrogens with zero attached hydrogens (tertiary/aromatic N) is 1. The van der Waals surface area contributed by atoms with Crippen molar-refractivity contribution in [3.05, 3.63) is 36.5 Å². The Hall–Kier alpha value is -1.44. The Morgan fingerprint density at radius 1 is 1.31 bits per heavy atom. The second kappa shape index (κ2) is 5.06. The molecule has 2 aromatic rings. The van der Waals surface area contributed by atoms with E-state index in [2.05, 4.69) is 49.7 Å². The van der Waals surface area contributed by atoms with Crippen LogP contribution in [0.4, 0.5) is 0 Å². The Morgan fingerprint density at radius 2 is 2.12 bits per heavy atom. The van der Waals surface area contributed by atoms with Crippen LogP contribution >= 0.6 is 0 Å². The Bertz CT molecular complexity index is 445. The van der Waals surface area contributed by atoms with Gasteiger partial charge in [0.05, 0.1) is 11.7 Å². The largest absolute Gasteiger partial charge is 0.322 e. The summed E-state index contributed by atoms with van der Waals surface area (Å²) < 4.78 is 2.03. The average Bonchev–Trinajstić information content (AvgIpc) is 2.72. The molecular formula is C14H19N2. The average molecular weight is 215 g/mol. The summed E-state index contributed by atoms with van der Waals surface area (Å²) in [6.07, 6.45) is 6.81. The highest BCUT2D eigenvalue weighted by Gasteiger charge is 2.06. The molecule has 1 atom stereocenters. The summed E-state index contributed by atoms with van der Waals surface area (Å²) in [7, 11) is 0. The molecule has 1 aromatic heterocycles. The van der Waals surface area contributed by atoms with Gasteiger partial charge < -0.3 is 5.43 Å². The lowest BCUT2D eigenvalue weighted by molar-refractivity contribution is 0.572. The van der Waals surface area contributed by atoms with Crippen molar-refractivity contribution in [2.24, 2.45) is 0 Å². The molecule has 1 aromatic carbocycles. The molecule has 0 fully saturated rings. The van der Waals surface area contributed by atoms with Gasteiger partial charge in [0.25, 0.3) is 0 Å². The number of rotatable bonds is 5. The van der Waals surface area contributed by atoms with Gasteiger partial charge in [-0.15, -0.1) is 0 Å². The van der Waals surface area contributed by atoms with Gasteiger partial charge in [0, 0.05) is 11.4 Å². The molecule has 0 saturated carbocycles. The predicted molar refractivity (Wildman–Crippen MR) is 69.1 cm³/mol. The van der Waals surface area contributed by atoms with Crippen molar-refractivity contribution in [1.82, 2.24) is 4.68 Å². The molecule has 85 valence electrons. The lowest BCUT2D eigenvalue weighted by Crippen LogP contribution is -2.26. The predicted octanol–water partition coefficient (Wildman–Crippen LogP) is 3.56. The fourth-order valence-electron chi connectivity index (χ4n) is 2.01. The van der Waals surface area contributed by atoms with E-state index in [4.69, 9.17) is 0 Å². The van der Waals surface area contributed by atoms with Crippen LogP contribution in [0.2, 0.25) is 0 Å². The van der Waals surface area contributed by atoms with Crippen LogP contribution in [-0.2, 0) is 0 Å². The number of hydrogen-bond donors (Lipinski definition) is 1. The molecule has 1 heterocycles. The molecule has 0 amide bonds. The van der Waals surface area contributed by atoms with E-state index in [1.165, 1.54) is 23.7 Å². The molecule has 0 aliphatic carbocycles. The molecule has 1 unspecified atom stereocenters. The number of para-hydroxylation sites is 1. The third-order valence-electron chi connectivity index (χ3n) is 2.97. The van der Waals surface area contributed by atoms with Gasteiger partial charge >= 0.3 is 0 Å². The van der Waals surface area contributed by atoms with Crippen LogP contribution in [0.15, 0.2) is 30.3 Å². The Labute approximate surface area is 97.2 Å². The van der Waals surface area contributed by atoms with E-state index in [0.29, 0.717) is 6.04 Å². The maximum absolute atomic E-state index is 3.51. The van der Waals surface area contributed by atoms with Crippen LogP contribution < -0.4 is 5.43 Å². The SMILES string of the molecule is CCCC(CC)Nn1[c]cc2ccccc21. The minimum atomic E-state index is 0.539. The summed E-state index contributed by atoms with van der Waals surface area (Å²) in [5.74, 6) is 0. The molecule has 0 aliphatic heterocycles. The van der Waals surface area contributed by atoms with Gasteiger partial charge in [-0.1, -0.05) is 38.5 Å². The first-order chi connectivity index (χ1) is 7.85. The van der Waals surface area contributed by atoms with Crippen LogP contribution in [-0.4, -0.2) is 10.7 Å². The van der Waals surface area contributed by atoms with Crippen molar-refractivity contribution in [2.45, 2.75) is 39.2 Å². The van der Waals surface area contributed by atoms with E-state index in [-0.39, 0.29) is 0 Å². The van der Waals surface area contributed by atoms with E-state index in [1.54, 1.807) is 0 Å². The second-order valence-electron chi connectivity index (χ2n) is 4.19. The first-order valence-corrected chi connectivity index (χ1v) is 6.09. The Balaban J connectivity index is 2.20. The van der Waals surface area contributed by atoms with Crippen LogP contribution in [0.25, 0.3) is 10.9 Å². The van der Waals surface area contributed by atoms with E-state index in [1.807, 2.05) is 10.7 Å². The van der Waals surface area contributed by atoms with Crippen molar-refractivity contribution < 1.29 is 0 Å². The summed E-state index contributed by atoms with van der Waals surface area (Å²) in [4.78, 5) is 0. The van der Waals surface area contributed by atoms with E-state index < -0.39 is 0 Å². The van der Waals surface area contributed by atoms with Gasteiger partial charge in [-0.25, -0.2) is 0 Å². The van der Waals surface area contributed by atoms with Crippen LogP contribution in [0.3, 0.4) is 0 Å². The quantitative estimate of drug-likeness (QED) is 0.807. The maximum Gasteiger partial charge on any atom is 0.0890 e. The zero-order chi connectivity index (χ0) is 11.4. The fourth-order valence-corrected chi connectivity index (χ4v) is 2.01. The van der Waals surface area contributed by atoms with E-state index in [0.717, 1.165) is 6.42 Å². The van der Waals surface area contributed by atoms with Crippen molar-refractivity contribution in [2.75, 3.05) is 5.43 Å². The van der Waals surface area contributed by atoms with Crippen LogP contribution in [0.1, 0.15) is 33.1 Å². The lowest BCUT2D eigenvalue weighted by Gasteiger charge is -2.18. The highest BCUT2D eigenvalue weighted by atomic mass is 15.4. The van der Waals surface area contributed by atoms with Gasteiger partial charge in [-0.05, 0) is 25.0 Å². The second-order valence-corrected chi connectivity index (χ2v) is 4.19. The number of aromatic nitrogens is 1. The summed E-state index contributed by atoms with van der Waals surface area (Å²) >= 11 is 0. The Morgan fingerprint density at radius 3 is 2.88 bits per heavy atom. The maximum atomic E-state index is 3.51. The van der Waals surface area contributed by atoms with Gasteiger partial charge in [0.2, 0.25) is 0 Å². The van der Waals surface area contributed by atoms with Gasteiger partial charge in [0.15, 0.2) is 0 Å². The summed E-state index contributed by atoms with van der Waals surface area (Å²) in [5.41, 5.74) is 4.72. The minimum Gasteiger partial charge on any atom is -0.322 e. The molecule has 2 rings (SSSR count). The monoisotopic (exact) mass is 215 g/mol. The highest BCUT2D eigenvalue weighted by molar-refractivity contribution is 5.79. The molecule has 0 spiro atoms. The third-order valence-corrected chi connectivity index (χ3v) is 2.97. The molecule has 16 heavy (non-hydrogen) atoms. The zero-order valence-electron chi connectivity index (χ0n) is 10.0. The van der Waals surface area contributed by atoms with Crippen molar-refractivity contribution in [3.63, 3.8) is 0 Å². The number of fused-ring (bicyclic) bond motifs is 1. The molecule has 0 saturated heterocycles. The van der Waals surface area contributed by atoms with E-state index >= 15 is 0 Å². The van der Waals surface area contributed by atoms with Gasteiger partial charge in [-0.3, -0.25) is 4.68 Å². The smallest absolute Gasteiger partial charge is 0.0890 e. The molecule has 2 nitrogen and oxygen atoms in total. The standard InChI is InChI=1S/C14H19N2/c1-3-7-13(4-2)15-16-11-10-12-8-5-6-9-14(12)16/h5-6,8-10,13,15H,3-4,7H2,1-2H3. The lowest BCUT2D eigenvalue weighted by atomic mass is 10.1. The zero-order valence-corrected chi connectivity index (χ0v) is 10.0. The molecule has 0 aliphatic rings. The molecule has 1 N–H and O–H groups in total. The van der Waals surface area contributed by atoms with Crippen molar-refractivity contribution >= 4 is 10.9 Å². The van der Waals surface area contributed by atoms with Crippen LogP contribution in [0.5, 0.6) is 0 Å². The number of benzene rings is 1. The summed E-state index contributed by atoms with van der Waals surface area (Å²) in [6.45, 7) is 4.45. The number of nitrogens with one attached hydrogen (secondary N) is 1. The highest BCUT2D eigenvalue weighted by Crippen LogP contribution is 2.14. The topological polar surface area (TPSA) is 17.0 Å². The fraction of sp³-hybridized carbons (Fsp3) is 0.429. The molecule has 1 radical (unpaired) electrons. The van der Waals surface area contributed by atoms with Crippen LogP contribution in [0, 0.1) is 6.20 Å². The Kier molecular flexibility index (Phi) is 3.50. The first kappa shape index (κ1) is 11.1. The molecular weight excluding hydrogens is 196 g/mol. The molecule has 2 heteroatoms. The van der Waals surface area contributed by atoms with E-state index in [9.17, 15) is 0 Å².